The van der Waals surface area contributed by atoms with E-state index in [0.29, 0.717) is 0 Å². The van der Waals surface area contributed by atoms with Crippen LogP contribution in [0.3, 0.4) is 0 Å². The minimum Gasteiger partial charge on any atom is -0.0792 e. The van der Waals surface area contributed by atoms with E-state index in [1.807, 2.05) is 0 Å². The van der Waals surface area contributed by atoms with Gasteiger partial charge in [-0.2, -0.15) is 0 Å². The fourth-order valence-electron chi connectivity index (χ4n) is 0.975. The van der Waals surface area contributed by atoms with Crippen LogP contribution in [0.2, 0.25) is 0 Å². The van der Waals surface area contributed by atoms with Crippen molar-refractivity contribution in [2.45, 2.75) is 25.7 Å². The third-order valence-electron chi connectivity index (χ3n) is 1.48. The minimum atomic E-state index is -0.133. The topological polar surface area (TPSA) is 0 Å². The van der Waals surface area contributed by atoms with E-state index in [0.717, 1.165) is 0 Å². The normalized spacial score (nSPS) is 20.1. The lowest BCUT2D eigenvalue weighted by molar-refractivity contribution is 0.723. The molecule has 52 valence electrons. The summed E-state index contributed by atoms with van der Waals surface area (Å²) in [6, 6.07) is 0. The van der Waals surface area contributed by atoms with E-state index in [-0.39, 0.29) is 5.33 Å². The van der Waals surface area contributed by atoms with Gasteiger partial charge in [0.2, 0.25) is 0 Å². The summed E-state index contributed by atoms with van der Waals surface area (Å²) < 4.78 is 0. The monoisotopic (exact) mass is 270 g/mol. The van der Waals surface area contributed by atoms with E-state index in [4.69, 9.17) is 0 Å². The van der Waals surface area contributed by atoms with Crippen molar-refractivity contribution in [2.75, 3.05) is 0 Å². The number of rotatable bonds is 1. The first-order chi connectivity index (χ1) is 4.30. The average Bonchev–Trinajstić information content (AvgIpc) is 1.90. The Morgan fingerprint density at radius 3 is 2.44 bits per heavy atom. The van der Waals surface area contributed by atoms with Crippen molar-refractivity contribution in [1.82, 2.24) is 0 Å². The summed E-state index contributed by atoms with van der Waals surface area (Å²) in [7, 11) is 0. The molecule has 0 radical (unpaired) electrons. The second kappa shape index (κ2) is 4.10. The molecule has 0 aliphatic heterocycles. The lowest BCUT2D eigenvalue weighted by Crippen LogP contribution is -1.85. The summed E-state index contributed by atoms with van der Waals surface area (Å²) in [6.45, 7) is 0. The van der Waals surface area contributed by atoms with Crippen LogP contribution in [0.15, 0.2) is 11.4 Å². The first-order valence-corrected chi connectivity index (χ1v) is 8.49. The molecule has 0 saturated heterocycles. The largest absolute Gasteiger partial charge is 0.0792 e. The van der Waals surface area contributed by atoms with Crippen molar-refractivity contribution in [3.8, 4) is 0 Å². The van der Waals surface area contributed by atoms with Gasteiger partial charge in [0.25, 0.3) is 0 Å². The van der Waals surface area contributed by atoms with Crippen molar-refractivity contribution in [3.05, 3.63) is 11.4 Å². The zero-order chi connectivity index (χ0) is 6.69. The van der Waals surface area contributed by atoms with Gasteiger partial charge in [-0.3, -0.25) is 0 Å². The Balaban J connectivity index is 2.46. The molecular formula is C6H9Br2P. The molecular weight excluding hydrogens is 263 g/mol. The molecule has 1 rings (SSSR count). The minimum absolute atomic E-state index is 0.133. The highest BCUT2D eigenvalue weighted by Gasteiger charge is 2.08. The van der Waals surface area contributed by atoms with Crippen LogP contribution < -0.4 is 0 Å². The highest BCUT2D eigenvalue weighted by molar-refractivity contribution is 9.70. The fourth-order valence-corrected chi connectivity index (χ4v) is 3.50. The van der Waals surface area contributed by atoms with Crippen LogP contribution in [0.4, 0.5) is 0 Å². The molecule has 0 saturated carbocycles. The zero-order valence-electron chi connectivity index (χ0n) is 5.11. The van der Waals surface area contributed by atoms with E-state index in [1.165, 1.54) is 25.7 Å². The maximum Gasteiger partial charge on any atom is 0.0610 e. The number of hydrogen-bond donors (Lipinski definition) is 0. The highest BCUT2D eigenvalue weighted by Crippen LogP contribution is 2.61. The molecule has 0 aromatic carbocycles. The molecule has 0 bridgehead atoms. The molecule has 0 fully saturated rings. The summed E-state index contributed by atoms with van der Waals surface area (Å²) in [5.41, 5.74) is 0. The van der Waals surface area contributed by atoms with Gasteiger partial charge in [0.1, 0.15) is 0 Å². The molecule has 9 heavy (non-hydrogen) atoms. The van der Waals surface area contributed by atoms with E-state index in [1.54, 1.807) is 5.31 Å². The molecule has 0 amide bonds. The predicted octanol–water partition coefficient (Wildman–Crippen LogP) is 4.55. The van der Waals surface area contributed by atoms with Gasteiger partial charge in [0, 0.05) is 0 Å². The molecule has 1 aliphatic rings. The molecule has 0 atom stereocenters. The third kappa shape index (κ3) is 2.69. The van der Waals surface area contributed by atoms with Gasteiger partial charge < -0.3 is 0 Å². The number of allylic oxidation sites excluding steroid dienone is 2. The quantitative estimate of drug-likeness (QED) is 0.614. The molecule has 0 spiro atoms. The second-order valence-corrected chi connectivity index (χ2v) is 10.3. The van der Waals surface area contributed by atoms with Crippen molar-refractivity contribution < 1.29 is 0 Å². The molecule has 0 heterocycles. The lowest BCUT2D eigenvalue weighted by Gasteiger charge is -2.12. The van der Waals surface area contributed by atoms with Crippen molar-refractivity contribution in [2.24, 2.45) is 0 Å². The van der Waals surface area contributed by atoms with Crippen molar-refractivity contribution in [3.63, 3.8) is 0 Å². The average molecular weight is 272 g/mol. The molecule has 0 aromatic heterocycles. The van der Waals surface area contributed by atoms with E-state index < -0.39 is 0 Å². The van der Waals surface area contributed by atoms with Gasteiger partial charge in [0.15, 0.2) is 0 Å². The van der Waals surface area contributed by atoms with Gasteiger partial charge in [-0.25, -0.2) is 0 Å². The van der Waals surface area contributed by atoms with Crippen LogP contribution in [0.1, 0.15) is 25.7 Å². The van der Waals surface area contributed by atoms with Gasteiger partial charge >= 0.3 is 0 Å². The number of halogens is 2. The standard InChI is InChI=1S/C6H9Br2P/c7-9(8)6-4-2-1-3-5-6/h4H,1-3,5H2. The van der Waals surface area contributed by atoms with Crippen LogP contribution in [0.5, 0.6) is 0 Å². The molecule has 0 N–H and O–H groups in total. The summed E-state index contributed by atoms with van der Waals surface area (Å²) in [4.78, 5) is 0. The van der Waals surface area contributed by atoms with Crippen LogP contribution in [-0.4, -0.2) is 0 Å². The van der Waals surface area contributed by atoms with Gasteiger partial charge in [-0.1, -0.05) is 6.08 Å². The molecule has 3 heteroatoms. The van der Waals surface area contributed by atoms with Crippen LogP contribution in [0.25, 0.3) is 0 Å². The van der Waals surface area contributed by atoms with E-state index >= 15 is 0 Å². The Labute approximate surface area is 73.3 Å². The SMILES string of the molecule is BrP(Br)C1=CCCCC1. The fraction of sp³-hybridized carbons (Fsp3) is 0.667. The highest BCUT2D eigenvalue weighted by atomic mass is 79.9. The Morgan fingerprint density at radius 1 is 1.33 bits per heavy atom. The van der Waals surface area contributed by atoms with Crippen LogP contribution >= 0.6 is 36.3 Å². The molecule has 0 nitrogen and oxygen atoms in total. The Kier molecular flexibility index (Phi) is 3.75. The first kappa shape index (κ1) is 8.23. The Bertz CT molecular complexity index is 120. The van der Waals surface area contributed by atoms with Crippen molar-refractivity contribution >= 4 is 36.3 Å². The molecule has 0 aromatic rings. The van der Waals surface area contributed by atoms with Gasteiger partial charge in [-0.05, 0) is 62.0 Å². The smallest absolute Gasteiger partial charge is 0.0610 e. The zero-order valence-corrected chi connectivity index (χ0v) is 9.18. The number of hydrogen-bond acceptors (Lipinski definition) is 0. The van der Waals surface area contributed by atoms with E-state index in [2.05, 4.69) is 37.1 Å². The Morgan fingerprint density at radius 2 is 2.11 bits per heavy atom. The summed E-state index contributed by atoms with van der Waals surface area (Å²) >= 11 is 7.10. The maximum absolute atomic E-state index is 3.55. The van der Waals surface area contributed by atoms with Gasteiger partial charge in [0.05, 0.1) is 5.33 Å². The molecule has 0 unspecified atom stereocenters. The third-order valence-corrected chi connectivity index (χ3v) is 5.06. The van der Waals surface area contributed by atoms with Crippen LogP contribution in [0, 0.1) is 0 Å². The summed E-state index contributed by atoms with van der Waals surface area (Å²) in [6.07, 6.45) is 7.70. The Hall–Kier alpha value is 1.13. The van der Waals surface area contributed by atoms with Crippen molar-refractivity contribution in [1.29, 1.82) is 0 Å². The summed E-state index contributed by atoms with van der Waals surface area (Å²) in [5.74, 6) is 0. The lowest BCUT2D eigenvalue weighted by atomic mass is 10.1. The van der Waals surface area contributed by atoms with Crippen LogP contribution in [-0.2, 0) is 0 Å². The molecule has 1 aliphatic carbocycles. The summed E-state index contributed by atoms with van der Waals surface area (Å²) in [5, 5.41) is 1.45. The predicted molar refractivity (Wildman–Crippen MR) is 51.3 cm³/mol. The van der Waals surface area contributed by atoms with E-state index in [9.17, 15) is 0 Å². The maximum atomic E-state index is 3.55. The first-order valence-electron chi connectivity index (χ1n) is 3.11. The second-order valence-electron chi connectivity index (χ2n) is 2.17. The van der Waals surface area contributed by atoms with Gasteiger partial charge in [-0.15, -0.1) is 0 Å².